The minimum atomic E-state index is -3.86. The highest BCUT2D eigenvalue weighted by atomic mass is 32.2. The number of rotatable bonds is 8. The van der Waals surface area contributed by atoms with Crippen molar-refractivity contribution >= 4 is 19.9 Å². The molecule has 0 bridgehead atoms. The van der Waals surface area contributed by atoms with Crippen molar-refractivity contribution < 1.29 is 26.3 Å². The molecule has 0 aromatic heterocycles. The lowest BCUT2D eigenvalue weighted by molar-refractivity contribution is 0.196. The largest absolute Gasteiger partial charge is 0.495 e. The van der Waals surface area contributed by atoms with Gasteiger partial charge < -0.3 is 9.47 Å². The van der Waals surface area contributed by atoms with Crippen LogP contribution < -0.4 is 9.46 Å². The van der Waals surface area contributed by atoms with Gasteiger partial charge in [0.05, 0.1) is 12.0 Å². The van der Waals surface area contributed by atoms with E-state index in [9.17, 15) is 16.8 Å². The number of sulfonamides is 1. The van der Waals surface area contributed by atoms with E-state index in [1.807, 2.05) is 0 Å². The fraction of sp³-hybridized carbons (Fsp3) is 0.500. The lowest BCUT2D eigenvalue weighted by atomic mass is 10.3. The fourth-order valence-corrected chi connectivity index (χ4v) is 3.59. The summed E-state index contributed by atoms with van der Waals surface area (Å²) in [6.45, 7) is 0.603. The van der Waals surface area contributed by atoms with Gasteiger partial charge in [-0.2, -0.15) is 0 Å². The van der Waals surface area contributed by atoms with Crippen LogP contribution in [0.25, 0.3) is 0 Å². The smallest absolute Gasteiger partial charge is 0.244 e. The summed E-state index contributed by atoms with van der Waals surface area (Å²) in [4.78, 5) is -0.286. The van der Waals surface area contributed by atoms with Gasteiger partial charge in [-0.15, -0.1) is 0 Å². The number of hydrogen-bond donors (Lipinski definition) is 1. The molecule has 0 atom stereocenters. The lowest BCUT2D eigenvalue weighted by Gasteiger charge is -2.12. The summed E-state index contributed by atoms with van der Waals surface area (Å²) in [6.07, 6.45) is 1.51. The average molecular weight is 337 g/mol. The van der Waals surface area contributed by atoms with Crippen LogP contribution >= 0.6 is 0 Å². The molecule has 0 aliphatic carbocycles. The summed E-state index contributed by atoms with van der Waals surface area (Å²) in [6, 6.07) is 3.71. The predicted octanol–water partition coefficient (Wildman–Crippen LogP) is 0.414. The summed E-state index contributed by atoms with van der Waals surface area (Å²) < 4.78 is 59.7. The van der Waals surface area contributed by atoms with Gasteiger partial charge in [0.2, 0.25) is 10.0 Å². The van der Waals surface area contributed by atoms with E-state index in [1.165, 1.54) is 26.4 Å². The summed E-state index contributed by atoms with van der Waals surface area (Å²) >= 11 is 0. The third kappa shape index (κ3) is 4.95. The minimum Gasteiger partial charge on any atom is -0.495 e. The van der Waals surface area contributed by atoms with Crippen LogP contribution in [0.2, 0.25) is 0 Å². The molecule has 0 saturated heterocycles. The van der Waals surface area contributed by atoms with Crippen LogP contribution in [-0.4, -0.2) is 50.5 Å². The van der Waals surface area contributed by atoms with Crippen LogP contribution in [0, 0.1) is 0 Å². The van der Waals surface area contributed by atoms with Crippen LogP contribution in [-0.2, 0) is 24.6 Å². The van der Waals surface area contributed by atoms with Gasteiger partial charge in [-0.05, 0) is 24.6 Å². The Morgan fingerprint density at radius 3 is 2.33 bits per heavy atom. The van der Waals surface area contributed by atoms with E-state index in [-0.39, 0.29) is 22.1 Å². The highest BCUT2D eigenvalue weighted by molar-refractivity contribution is 7.91. The van der Waals surface area contributed by atoms with Crippen molar-refractivity contribution in [1.82, 2.24) is 4.72 Å². The van der Waals surface area contributed by atoms with Crippen LogP contribution in [0.1, 0.15) is 6.42 Å². The van der Waals surface area contributed by atoms with Crippen molar-refractivity contribution in [3.8, 4) is 5.75 Å². The molecule has 1 rings (SSSR count). The van der Waals surface area contributed by atoms with E-state index in [1.54, 1.807) is 0 Å². The molecule has 0 amide bonds. The van der Waals surface area contributed by atoms with E-state index in [2.05, 4.69) is 4.72 Å². The Labute approximate surface area is 125 Å². The molecule has 1 N–H and O–H groups in total. The average Bonchev–Trinajstić information content (AvgIpc) is 2.42. The van der Waals surface area contributed by atoms with Gasteiger partial charge in [0.1, 0.15) is 10.6 Å². The monoisotopic (exact) mass is 337 g/mol. The zero-order chi connectivity index (χ0) is 16.1. The number of methoxy groups -OCH3 is 2. The highest BCUT2D eigenvalue weighted by Crippen LogP contribution is 2.26. The van der Waals surface area contributed by atoms with Crippen molar-refractivity contribution in [2.24, 2.45) is 0 Å². The Morgan fingerprint density at radius 1 is 1.14 bits per heavy atom. The Kier molecular flexibility index (Phi) is 6.14. The van der Waals surface area contributed by atoms with E-state index >= 15 is 0 Å². The first-order valence-corrected chi connectivity index (χ1v) is 9.46. The Bertz CT molecular complexity index is 682. The predicted molar refractivity (Wildman–Crippen MR) is 77.8 cm³/mol. The molecule has 0 fully saturated rings. The first kappa shape index (κ1) is 17.9. The second-order valence-electron chi connectivity index (χ2n) is 4.33. The third-order valence-corrected chi connectivity index (χ3v) is 5.26. The summed E-state index contributed by atoms with van der Waals surface area (Å²) in [7, 11) is -4.53. The molecule has 0 radical (unpaired) electrons. The first-order chi connectivity index (χ1) is 9.72. The van der Waals surface area contributed by atoms with Crippen LogP contribution in [0.15, 0.2) is 28.0 Å². The quantitative estimate of drug-likeness (QED) is 0.690. The highest BCUT2D eigenvalue weighted by Gasteiger charge is 2.21. The maximum absolute atomic E-state index is 12.2. The summed E-state index contributed by atoms with van der Waals surface area (Å²) in [5.41, 5.74) is 0. The van der Waals surface area contributed by atoms with Crippen LogP contribution in [0.4, 0.5) is 0 Å². The SMILES string of the molecule is COCCCNS(=O)(=O)c1cc(S(C)(=O)=O)ccc1OC. The van der Waals surface area contributed by atoms with Gasteiger partial charge in [-0.1, -0.05) is 0 Å². The zero-order valence-electron chi connectivity index (χ0n) is 12.1. The van der Waals surface area contributed by atoms with Crippen molar-refractivity contribution in [2.75, 3.05) is 33.6 Å². The second-order valence-corrected chi connectivity index (χ2v) is 8.08. The molecule has 0 aliphatic heterocycles. The molecule has 1 aromatic carbocycles. The second kappa shape index (κ2) is 7.21. The molecule has 120 valence electrons. The number of ether oxygens (including phenoxy) is 2. The van der Waals surface area contributed by atoms with Crippen LogP contribution in [0.3, 0.4) is 0 Å². The Balaban J connectivity index is 3.14. The number of benzene rings is 1. The van der Waals surface area contributed by atoms with Crippen molar-refractivity contribution in [2.45, 2.75) is 16.2 Å². The van der Waals surface area contributed by atoms with Gasteiger partial charge >= 0.3 is 0 Å². The molecule has 9 heteroatoms. The van der Waals surface area contributed by atoms with Crippen molar-refractivity contribution in [3.63, 3.8) is 0 Å². The van der Waals surface area contributed by atoms with Gasteiger partial charge in [-0.3, -0.25) is 0 Å². The van der Waals surface area contributed by atoms with E-state index in [0.29, 0.717) is 13.0 Å². The van der Waals surface area contributed by atoms with Crippen molar-refractivity contribution in [1.29, 1.82) is 0 Å². The van der Waals surface area contributed by atoms with Crippen LogP contribution in [0.5, 0.6) is 5.75 Å². The minimum absolute atomic E-state index is 0.0828. The summed E-state index contributed by atoms with van der Waals surface area (Å²) in [5.74, 6) is 0.0849. The zero-order valence-corrected chi connectivity index (χ0v) is 13.8. The first-order valence-electron chi connectivity index (χ1n) is 6.09. The Morgan fingerprint density at radius 2 is 1.81 bits per heavy atom. The summed E-state index contributed by atoms with van der Waals surface area (Å²) in [5, 5.41) is 0. The van der Waals surface area contributed by atoms with Gasteiger partial charge in [-0.25, -0.2) is 21.6 Å². The molecule has 21 heavy (non-hydrogen) atoms. The maximum atomic E-state index is 12.2. The van der Waals surface area contributed by atoms with E-state index in [4.69, 9.17) is 9.47 Å². The molecule has 0 spiro atoms. The number of hydrogen-bond acceptors (Lipinski definition) is 6. The number of nitrogens with one attached hydrogen (secondary N) is 1. The molecule has 0 saturated carbocycles. The third-order valence-electron chi connectivity index (χ3n) is 2.67. The normalized spacial score (nSPS) is 12.3. The topological polar surface area (TPSA) is 98.8 Å². The maximum Gasteiger partial charge on any atom is 0.244 e. The number of sulfone groups is 1. The van der Waals surface area contributed by atoms with E-state index in [0.717, 1.165) is 12.3 Å². The Hall–Kier alpha value is -1.16. The molecule has 0 heterocycles. The van der Waals surface area contributed by atoms with Gasteiger partial charge in [0, 0.05) is 26.5 Å². The molecule has 1 aromatic rings. The standard InChI is InChI=1S/C12H19NO6S2/c1-18-8-4-7-13-21(16,17)12-9-10(20(3,14)15)5-6-11(12)19-2/h5-6,9,13H,4,7-8H2,1-3H3. The molecule has 0 unspecified atom stereocenters. The van der Waals surface area contributed by atoms with Crippen molar-refractivity contribution in [3.05, 3.63) is 18.2 Å². The van der Waals surface area contributed by atoms with E-state index < -0.39 is 19.9 Å². The molecule has 7 nitrogen and oxygen atoms in total. The lowest BCUT2D eigenvalue weighted by Crippen LogP contribution is -2.26. The fourth-order valence-electron chi connectivity index (χ4n) is 1.60. The molecular formula is C12H19NO6S2. The van der Waals surface area contributed by atoms with Gasteiger partial charge in [0.25, 0.3) is 0 Å². The van der Waals surface area contributed by atoms with Gasteiger partial charge in [0.15, 0.2) is 9.84 Å². The molecule has 0 aliphatic rings. The molecular weight excluding hydrogens is 318 g/mol.